The van der Waals surface area contributed by atoms with Crippen LogP contribution in [0.25, 0.3) is 0 Å². The highest BCUT2D eigenvalue weighted by molar-refractivity contribution is 5.96. The van der Waals surface area contributed by atoms with E-state index in [1.807, 2.05) is 30.3 Å². The molecule has 8 nitrogen and oxygen atoms in total. The minimum atomic E-state index is -0.687. The third-order valence-corrected chi connectivity index (χ3v) is 4.44. The highest BCUT2D eigenvalue weighted by atomic mass is 16.6. The van der Waals surface area contributed by atoms with Crippen molar-refractivity contribution in [2.75, 3.05) is 5.32 Å². The number of carbonyl (C=O) groups excluding carboxylic acids is 2. The number of rotatable bonds is 8. The van der Waals surface area contributed by atoms with Crippen molar-refractivity contribution in [1.82, 2.24) is 10.6 Å². The van der Waals surface area contributed by atoms with Gasteiger partial charge in [0, 0.05) is 24.2 Å². The van der Waals surface area contributed by atoms with E-state index >= 15 is 0 Å². The number of benzene rings is 2. The molecule has 3 N–H and O–H groups in total. The summed E-state index contributed by atoms with van der Waals surface area (Å²) in [6.45, 7) is 1.99. The molecule has 0 aromatic heterocycles. The largest absolute Gasteiger partial charge is 0.368 e. The van der Waals surface area contributed by atoms with E-state index in [2.05, 4.69) is 16.0 Å². The number of hydrogen-bond donors (Lipinski definition) is 3. The van der Waals surface area contributed by atoms with Gasteiger partial charge in [-0.25, -0.2) is 0 Å². The number of hydrogen-bond acceptors (Lipinski definition) is 5. The molecule has 0 radical (unpaired) electrons. The summed E-state index contributed by atoms with van der Waals surface area (Å²) in [6, 6.07) is 13.1. The molecule has 146 valence electrons. The molecule has 0 spiro atoms. The standard InChI is InChI=1S/C20H22N4O4/c1-13(19(25)21-12-14-5-3-2-4-6-14)22-17-10-7-15(11-18(17)24(27)28)20(26)23-16-8-9-16/h2-7,10-11,13,16,22H,8-9,12H2,1H3,(H,21,25)(H,23,26). The van der Waals surface area contributed by atoms with Crippen LogP contribution < -0.4 is 16.0 Å². The first kappa shape index (κ1) is 19.3. The van der Waals surface area contributed by atoms with Crippen LogP contribution in [0, 0.1) is 10.1 Å². The minimum Gasteiger partial charge on any atom is -0.368 e. The SMILES string of the molecule is CC(Nc1ccc(C(=O)NC2CC2)cc1[N+](=O)[O-])C(=O)NCc1ccccc1. The van der Waals surface area contributed by atoms with E-state index in [4.69, 9.17) is 0 Å². The summed E-state index contributed by atoms with van der Waals surface area (Å²) in [5.74, 6) is -0.612. The summed E-state index contributed by atoms with van der Waals surface area (Å²) in [6.07, 6.45) is 1.87. The van der Waals surface area contributed by atoms with Crippen molar-refractivity contribution in [3.8, 4) is 0 Å². The van der Waals surface area contributed by atoms with Crippen molar-refractivity contribution >= 4 is 23.2 Å². The van der Waals surface area contributed by atoms with Gasteiger partial charge in [-0.1, -0.05) is 30.3 Å². The Bertz CT molecular complexity index is 881. The van der Waals surface area contributed by atoms with E-state index in [0.29, 0.717) is 6.54 Å². The van der Waals surface area contributed by atoms with E-state index in [-0.39, 0.29) is 34.8 Å². The summed E-state index contributed by atoms with van der Waals surface area (Å²) < 4.78 is 0. The quantitative estimate of drug-likeness (QED) is 0.480. The molecular formula is C20H22N4O4. The molecule has 1 fully saturated rings. The van der Waals surface area contributed by atoms with Gasteiger partial charge in [0.2, 0.25) is 5.91 Å². The predicted octanol–water partition coefficient (Wildman–Crippen LogP) is 2.60. The zero-order valence-corrected chi connectivity index (χ0v) is 15.5. The topological polar surface area (TPSA) is 113 Å². The third kappa shape index (κ3) is 5.06. The second-order valence-electron chi connectivity index (χ2n) is 6.81. The van der Waals surface area contributed by atoms with Gasteiger partial charge in [-0.05, 0) is 37.5 Å². The smallest absolute Gasteiger partial charge is 0.293 e. The minimum absolute atomic E-state index is 0.165. The Morgan fingerprint density at radius 2 is 1.89 bits per heavy atom. The van der Waals surface area contributed by atoms with E-state index < -0.39 is 11.0 Å². The number of nitro groups is 1. The summed E-state index contributed by atoms with van der Waals surface area (Å²) in [5.41, 5.74) is 1.13. The van der Waals surface area contributed by atoms with Crippen molar-refractivity contribution in [3.63, 3.8) is 0 Å². The molecule has 0 saturated heterocycles. The molecule has 0 bridgehead atoms. The lowest BCUT2D eigenvalue weighted by Gasteiger charge is -2.16. The first-order valence-corrected chi connectivity index (χ1v) is 9.11. The fraction of sp³-hybridized carbons (Fsp3) is 0.300. The van der Waals surface area contributed by atoms with E-state index in [9.17, 15) is 19.7 Å². The van der Waals surface area contributed by atoms with E-state index in [1.54, 1.807) is 6.92 Å². The van der Waals surface area contributed by atoms with E-state index in [0.717, 1.165) is 18.4 Å². The zero-order chi connectivity index (χ0) is 20.1. The molecule has 1 unspecified atom stereocenters. The van der Waals surface area contributed by atoms with Gasteiger partial charge in [0.15, 0.2) is 0 Å². The average Bonchev–Trinajstić information content (AvgIpc) is 3.50. The van der Waals surface area contributed by atoms with Crippen LogP contribution in [0.1, 0.15) is 35.7 Å². The third-order valence-electron chi connectivity index (χ3n) is 4.44. The van der Waals surface area contributed by atoms with Crippen LogP contribution in [0.2, 0.25) is 0 Å². The summed E-state index contributed by atoms with van der Waals surface area (Å²) >= 11 is 0. The van der Waals surface area contributed by atoms with Crippen molar-refractivity contribution in [1.29, 1.82) is 0 Å². The van der Waals surface area contributed by atoms with Gasteiger partial charge < -0.3 is 16.0 Å². The fourth-order valence-electron chi connectivity index (χ4n) is 2.68. The van der Waals surface area contributed by atoms with Gasteiger partial charge in [0.25, 0.3) is 11.6 Å². The number of amides is 2. The number of nitrogens with zero attached hydrogens (tertiary/aromatic N) is 1. The maximum absolute atomic E-state index is 12.3. The first-order valence-electron chi connectivity index (χ1n) is 9.11. The van der Waals surface area contributed by atoms with Crippen LogP contribution in [-0.2, 0) is 11.3 Å². The van der Waals surface area contributed by atoms with Gasteiger partial charge >= 0.3 is 0 Å². The van der Waals surface area contributed by atoms with Gasteiger partial charge in [0.05, 0.1) is 4.92 Å². The fourth-order valence-corrected chi connectivity index (χ4v) is 2.68. The molecule has 28 heavy (non-hydrogen) atoms. The van der Waals surface area contributed by atoms with Crippen molar-refractivity contribution in [2.24, 2.45) is 0 Å². The maximum Gasteiger partial charge on any atom is 0.293 e. The summed E-state index contributed by atoms with van der Waals surface area (Å²) in [5, 5.41) is 19.9. The molecule has 3 rings (SSSR count). The lowest BCUT2D eigenvalue weighted by molar-refractivity contribution is -0.384. The van der Waals surface area contributed by atoms with Crippen molar-refractivity contribution in [2.45, 2.75) is 38.4 Å². The highest BCUT2D eigenvalue weighted by Crippen LogP contribution is 2.27. The summed E-state index contributed by atoms with van der Waals surface area (Å²) in [4.78, 5) is 35.3. The van der Waals surface area contributed by atoms with Crippen LogP contribution in [0.15, 0.2) is 48.5 Å². The van der Waals surface area contributed by atoms with Crippen LogP contribution in [-0.4, -0.2) is 28.8 Å². The second-order valence-corrected chi connectivity index (χ2v) is 6.81. The highest BCUT2D eigenvalue weighted by Gasteiger charge is 2.26. The number of anilines is 1. The lowest BCUT2D eigenvalue weighted by atomic mass is 10.1. The monoisotopic (exact) mass is 382 g/mol. The van der Waals surface area contributed by atoms with Gasteiger partial charge in [-0.2, -0.15) is 0 Å². The normalized spacial score (nSPS) is 14.0. The Balaban J connectivity index is 1.65. The van der Waals surface area contributed by atoms with Crippen molar-refractivity contribution < 1.29 is 14.5 Å². The summed E-state index contributed by atoms with van der Waals surface area (Å²) in [7, 11) is 0. The lowest BCUT2D eigenvalue weighted by Crippen LogP contribution is -2.37. The van der Waals surface area contributed by atoms with E-state index in [1.165, 1.54) is 18.2 Å². The first-order chi connectivity index (χ1) is 13.4. The molecule has 0 aliphatic heterocycles. The number of nitrogens with one attached hydrogen (secondary N) is 3. The van der Waals surface area contributed by atoms with Gasteiger partial charge in [-0.3, -0.25) is 19.7 Å². The molecule has 1 atom stereocenters. The second kappa shape index (κ2) is 8.51. The molecule has 2 aromatic rings. The van der Waals surface area contributed by atoms with Crippen LogP contribution >= 0.6 is 0 Å². The van der Waals surface area contributed by atoms with Gasteiger partial charge in [-0.15, -0.1) is 0 Å². The maximum atomic E-state index is 12.3. The Kier molecular flexibility index (Phi) is 5.88. The molecule has 0 heterocycles. The molecule has 8 heteroatoms. The Morgan fingerprint density at radius 3 is 2.54 bits per heavy atom. The van der Waals surface area contributed by atoms with Crippen molar-refractivity contribution in [3.05, 3.63) is 69.8 Å². The average molecular weight is 382 g/mol. The Morgan fingerprint density at radius 1 is 1.18 bits per heavy atom. The van der Waals surface area contributed by atoms with Crippen LogP contribution in [0.5, 0.6) is 0 Å². The molecule has 2 aromatic carbocycles. The Hall–Kier alpha value is -3.42. The Labute approximate surface area is 162 Å². The zero-order valence-electron chi connectivity index (χ0n) is 15.5. The molecule has 1 aliphatic carbocycles. The van der Waals surface area contributed by atoms with Crippen LogP contribution in [0.4, 0.5) is 11.4 Å². The van der Waals surface area contributed by atoms with Crippen LogP contribution in [0.3, 0.4) is 0 Å². The number of carbonyl (C=O) groups is 2. The molecule has 2 amide bonds. The number of nitro benzene ring substituents is 1. The van der Waals surface area contributed by atoms with Gasteiger partial charge in [0.1, 0.15) is 11.7 Å². The molecular weight excluding hydrogens is 360 g/mol. The predicted molar refractivity (Wildman–Crippen MR) is 105 cm³/mol. The molecule has 1 saturated carbocycles. The molecule has 1 aliphatic rings.